The molecule has 28 heavy (non-hydrogen) atoms. The molecule has 0 aliphatic rings. The van der Waals surface area contributed by atoms with E-state index in [1.165, 1.54) is 12.1 Å². The second kappa shape index (κ2) is 9.38. The highest BCUT2D eigenvalue weighted by Gasteiger charge is 2.07. The average molecular weight is 398 g/mol. The van der Waals surface area contributed by atoms with Crippen molar-refractivity contribution < 1.29 is 13.9 Å². The van der Waals surface area contributed by atoms with Crippen LogP contribution in [0.15, 0.2) is 65.7 Å². The SMILES string of the molecule is CCOc1cc(C=Nc2cc(Cl)ccc2C)ccc1OCc1cccc(F)c1. The number of nitrogens with zero attached hydrogens (tertiary/aromatic N) is 1. The Balaban J connectivity index is 1.78. The molecular weight excluding hydrogens is 377 g/mol. The molecule has 0 saturated heterocycles. The summed E-state index contributed by atoms with van der Waals surface area (Å²) in [4.78, 5) is 4.52. The van der Waals surface area contributed by atoms with Crippen molar-refractivity contribution in [2.45, 2.75) is 20.5 Å². The van der Waals surface area contributed by atoms with E-state index in [0.29, 0.717) is 23.1 Å². The molecule has 0 spiro atoms. The van der Waals surface area contributed by atoms with Crippen molar-refractivity contribution in [1.82, 2.24) is 0 Å². The summed E-state index contributed by atoms with van der Waals surface area (Å²) in [6.45, 7) is 4.65. The third kappa shape index (κ3) is 5.33. The van der Waals surface area contributed by atoms with Gasteiger partial charge in [-0.1, -0.05) is 29.8 Å². The van der Waals surface area contributed by atoms with Crippen molar-refractivity contribution in [3.8, 4) is 11.5 Å². The summed E-state index contributed by atoms with van der Waals surface area (Å²) in [5, 5.41) is 0.647. The molecule has 0 atom stereocenters. The Morgan fingerprint density at radius 2 is 1.86 bits per heavy atom. The zero-order valence-corrected chi connectivity index (χ0v) is 16.5. The molecule has 0 aliphatic carbocycles. The van der Waals surface area contributed by atoms with E-state index in [2.05, 4.69) is 4.99 Å². The van der Waals surface area contributed by atoms with Crippen LogP contribution in [0.3, 0.4) is 0 Å². The van der Waals surface area contributed by atoms with Crippen molar-refractivity contribution in [3.05, 3.63) is 88.2 Å². The molecular formula is C23H21ClFNO2. The highest BCUT2D eigenvalue weighted by molar-refractivity contribution is 6.30. The van der Waals surface area contributed by atoms with Crippen LogP contribution in [0, 0.1) is 12.7 Å². The number of aryl methyl sites for hydroxylation is 1. The second-order valence-corrected chi connectivity index (χ2v) is 6.68. The quantitative estimate of drug-likeness (QED) is 0.425. The Hall–Kier alpha value is -2.85. The Kier molecular flexibility index (Phi) is 6.66. The zero-order chi connectivity index (χ0) is 19.9. The third-order valence-electron chi connectivity index (χ3n) is 4.07. The van der Waals surface area contributed by atoms with E-state index in [1.54, 1.807) is 12.3 Å². The van der Waals surface area contributed by atoms with Crippen LogP contribution in [0.25, 0.3) is 0 Å². The molecule has 0 aliphatic heterocycles. The van der Waals surface area contributed by atoms with Crippen molar-refractivity contribution >= 4 is 23.5 Å². The van der Waals surface area contributed by atoms with E-state index in [0.717, 1.165) is 22.4 Å². The largest absolute Gasteiger partial charge is 0.490 e. The van der Waals surface area contributed by atoms with Gasteiger partial charge in [0.05, 0.1) is 12.3 Å². The molecule has 0 unspecified atom stereocenters. The average Bonchev–Trinajstić information content (AvgIpc) is 2.68. The van der Waals surface area contributed by atoms with Gasteiger partial charge in [0.2, 0.25) is 0 Å². The van der Waals surface area contributed by atoms with Gasteiger partial charge < -0.3 is 9.47 Å². The van der Waals surface area contributed by atoms with Crippen LogP contribution in [-0.2, 0) is 6.61 Å². The van der Waals surface area contributed by atoms with E-state index in [4.69, 9.17) is 21.1 Å². The molecule has 0 N–H and O–H groups in total. The summed E-state index contributed by atoms with van der Waals surface area (Å²) < 4.78 is 24.9. The van der Waals surface area contributed by atoms with Gasteiger partial charge in [-0.15, -0.1) is 0 Å². The van der Waals surface area contributed by atoms with Gasteiger partial charge in [-0.3, -0.25) is 4.99 Å². The molecule has 3 nitrogen and oxygen atoms in total. The number of rotatable bonds is 7. The topological polar surface area (TPSA) is 30.8 Å². The fourth-order valence-electron chi connectivity index (χ4n) is 2.65. The Labute approximate surface area is 169 Å². The Morgan fingerprint density at radius 1 is 1.00 bits per heavy atom. The van der Waals surface area contributed by atoms with Crippen LogP contribution >= 0.6 is 11.6 Å². The maximum atomic E-state index is 13.3. The van der Waals surface area contributed by atoms with Crippen LogP contribution in [0.4, 0.5) is 10.1 Å². The minimum atomic E-state index is -0.283. The highest BCUT2D eigenvalue weighted by Crippen LogP contribution is 2.29. The first-order chi connectivity index (χ1) is 13.5. The van der Waals surface area contributed by atoms with E-state index >= 15 is 0 Å². The lowest BCUT2D eigenvalue weighted by Gasteiger charge is -2.12. The van der Waals surface area contributed by atoms with Gasteiger partial charge in [0.15, 0.2) is 11.5 Å². The van der Waals surface area contributed by atoms with E-state index in [-0.39, 0.29) is 12.4 Å². The molecule has 3 rings (SSSR count). The van der Waals surface area contributed by atoms with Crippen molar-refractivity contribution in [2.24, 2.45) is 4.99 Å². The lowest BCUT2D eigenvalue weighted by molar-refractivity contribution is 0.269. The number of ether oxygens (including phenoxy) is 2. The van der Waals surface area contributed by atoms with Crippen LogP contribution in [0.1, 0.15) is 23.6 Å². The van der Waals surface area contributed by atoms with E-state index in [9.17, 15) is 4.39 Å². The third-order valence-corrected chi connectivity index (χ3v) is 4.31. The minimum absolute atomic E-state index is 0.257. The van der Waals surface area contributed by atoms with Gasteiger partial charge in [-0.05, 0) is 73.0 Å². The first-order valence-electron chi connectivity index (χ1n) is 8.99. The number of aliphatic imine (C=N–C) groups is 1. The lowest BCUT2D eigenvalue weighted by atomic mass is 10.2. The van der Waals surface area contributed by atoms with Crippen LogP contribution in [-0.4, -0.2) is 12.8 Å². The lowest BCUT2D eigenvalue weighted by Crippen LogP contribution is -2.00. The fourth-order valence-corrected chi connectivity index (χ4v) is 2.81. The maximum Gasteiger partial charge on any atom is 0.161 e. The molecule has 0 fully saturated rings. The molecule has 0 heterocycles. The Morgan fingerprint density at radius 3 is 2.64 bits per heavy atom. The predicted octanol–water partition coefficient (Wildman–Crippen LogP) is 6.52. The summed E-state index contributed by atoms with van der Waals surface area (Å²) in [7, 11) is 0. The number of benzene rings is 3. The van der Waals surface area contributed by atoms with Crippen molar-refractivity contribution in [3.63, 3.8) is 0 Å². The van der Waals surface area contributed by atoms with Crippen molar-refractivity contribution in [1.29, 1.82) is 0 Å². The maximum absolute atomic E-state index is 13.3. The molecule has 144 valence electrons. The minimum Gasteiger partial charge on any atom is -0.490 e. The molecule has 0 bridgehead atoms. The number of hydrogen-bond donors (Lipinski definition) is 0. The second-order valence-electron chi connectivity index (χ2n) is 6.25. The van der Waals surface area contributed by atoms with Crippen molar-refractivity contribution in [2.75, 3.05) is 6.61 Å². The molecule has 3 aromatic rings. The molecule has 0 radical (unpaired) electrons. The first-order valence-corrected chi connectivity index (χ1v) is 9.37. The molecule has 3 aromatic carbocycles. The monoisotopic (exact) mass is 397 g/mol. The van der Waals surface area contributed by atoms with Crippen LogP contribution in [0.5, 0.6) is 11.5 Å². The van der Waals surface area contributed by atoms with Gasteiger partial charge in [0.25, 0.3) is 0 Å². The Bertz CT molecular complexity index is 988. The smallest absolute Gasteiger partial charge is 0.161 e. The van der Waals surface area contributed by atoms with Gasteiger partial charge in [0.1, 0.15) is 12.4 Å². The molecule has 0 saturated carbocycles. The van der Waals surface area contributed by atoms with Crippen LogP contribution < -0.4 is 9.47 Å². The zero-order valence-electron chi connectivity index (χ0n) is 15.8. The van der Waals surface area contributed by atoms with Gasteiger partial charge >= 0.3 is 0 Å². The summed E-state index contributed by atoms with van der Waals surface area (Å²) in [6.07, 6.45) is 1.76. The molecule has 5 heteroatoms. The standard InChI is InChI=1S/C23H21ClFNO2/c1-3-27-23-12-17(14-26-21-13-19(24)9-7-16(21)2)8-10-22(23)28-15-18-5-4-6-20(25)11-18/h4-14H,3,15H2,1-2H3. The van der Waals surface area contributed by atoms with Gasteiger partial charge in [-0.25, -0.2) is 4.39 Å². The summed E-state index contributed by atoms with van der Waals surface area (Å²) in [6, 6.07) is 17.5. The summed E-state index contributed by atoms with van der Waals surface area (Å²) in [5.74, 6) is 0.932. The molecule has 0 amide bonds. The highest BCUT2D eigenvalue weighted by atomic mass is 35.5. The number of halogens is 2. The summed E-state index contributed by atoms with van der Waals surface area (Å²) in [5.41, 5.74) is 3.49. The van der Waals surface area contributed by atoms with Gasteiger partial charge in [-0.2, -0.15) is 0 Å². The first kappa shape index (κ1) is 19.9. The van der Waals surface area contributed by atoms with E-state index in [1.807, 2.05) is 56.3 Å². The predicted molar refractivity (Wildman–Crippen MR) is 112 cm³/mol. The van der Waals surface area contributed by atoms with Gasteiger partial charge in [0, 0.05) is 11.2 Å². The normalized spacial score (nSPS) is 11.0. The molecule has 0 aromatic heterocycles. The van der Waals surface area contributed by atoms with E-state index < -0.39 is 0 Å². The summed E-state index contributed by atoms with van der Waals surface area (Å²) >= 11 is 6.05. The van der Waals surface area contributed by atoms with Crippen LogP contribution in [0.2, 0.25) is 5.02 Å². The number of hydrogen-bond acceptors (Lipinski definition) is 3. The fraction of sp³-hybridized carbons (Fsp3) is 0.174.